The molecular formula is C13H17N3O2. The average molecular weight is 247 g/mol. The van der Waals surface area contributed by atoms with Crippen molar-refractivity contribution in [2.45, 2.75) is 6.04 Å². The van der Waals surface area contributed by atoms with E-state index in [1.165, 1.54) is 0 Å². The van der Waals surface area contributed by atoms with Crippen LogP contribution >= 0.6 is 0 Å². The molecule has 0 aliphatic rings. The normalized spacial score (nSPS) is 12.2. The Bertz CT molecular complexity index is 537. The van der Waals surface area contributed by atoms with Crippen LogP contribution in [0.15, 0.2) is 30.6 Å². The van der Waals surface area contributed by atoms with Crippen molar-refractivity contribution in [1.82, 2.24) is 9.78 Å². The first-order valence-corrected chi connectivity index (χ1v) is 5.62. The molecule has 0 spiro atoms. The van der Waals surface area contributed by atoms with Gasteiger partial charge in [0.1, 0.15) is 0 Å². The first-order chi connectivity index (χ1) is 8.67. The standard InChI is InChI=1S/C13H17N3O2/c1-16-8-9(7-15-16)12(14)10-5-4-6-11(17-2)13(10)18-3/h4-8,12H,14H2,1-3H3. The van der Waals surface area contributed by atoms with E-state index in [0.29, 0.717) is 11.5 Å². The molecule has 0 bridgehead atoms. The third kappa shape index (κ3) is 2.17. The number of hydrogen-bond donors (Lipinski definition) is 1. The first-order valence-electron chi connectivity index (χ1n) is 5.62. The molecular weight excluding hydrogens is 230 g/mol. The molecule has 0 fully saturated rings. The third-order valence-corrected chi connectivity index (χ3v) is 2.85. The molecule has 0 radical (unpaired) electrons. The number of nitrogens with two attached hydrogens (primary N) is 1. The molecule has 0 aliphatic heterocycles. The highest BCUT2D eigenvalue weighted by Gasteiger charge is 2.18. The number of ether oxygens (including phenoxy) is 2. The molecule has 0 aliphatic carbocycles. The lowest BCUT2D eigenvalue weighted by molar-refractivity contribution is 0.350. The number of benzene rings is 1. The number of aromatic nitrogens is 2. The topological polar surface area (TPSA) is 62.3 Å². The summed E-state index contributed by atoms with van der Waals surface area (Å²) in [6, 6.07) is 5.38. The van der Waals surface area contributed by atoms with Gasteiger partial charge in [0.25, 0.3) is 0 Å². The highest BCUT2D eigenvalue weighted by molar-refractivity contribution is 5.50. The van der Waals surface area contributed by atoms with E-state index in [1.807, 2.05) is 31.4 Å². The number of methoxy groups -OCH3 is 2. The summed E-state index contributed by atoms with van der Waals surface area (Å²) in [5, 5.41) is 4.13. The van der Waals surface area contributed by atoms with Crippen molar-refractivity contribution in [2.24, 2.45) is 12.8 Å². The van der Waals surface area contributed by atoms with Crippen LogP contribution in [-0.2, 0) is 7.05 Å². The highest BCUT2D eigenvalue weighted by atomic mass is 16.5. The largest absolute Gasteiger partial charge is 0.493 e. The molecule has 0 saturated heterocycles. The van der Waals surface area contributed by atoms with Crippen LogP contribution in [0.2, 0.25) is 0 Å². The zero-order valence-corrected chi connectivity index (χ0v) is 10.8. The highest BCUT2D eigenvalue weighted by Crippen LogP contribution is 2.35. The fraction of sp³-hybridized carbons (Fsp3) is 0.308. The molecule has 0 saturated carbocycles. The van der Waals surface area contributed by atoms with E-state index in [4.69, 9.17) is 15.2 Å². The second-order valence-corrected chi connectivity index (χ2v) is 4.01. The van der Waals surface area contributed by atoms with Crippen LogP contribution in [0.4, 0.5) is 0 Å². The fourth-order valence-corrected chi connectivity index (χ4v) is 1.94. The van der Waals surface area contributed by atoms with Crippen molar-refractivity contribution < 1.29 is 9.47 Å². The number of aryl methyl sites for hydroxylation is 1. The second kappa shape index (κ2) is 5.10. The van der Waals surface area contributed by atoms with Gasteiger partial charge in [-0.25, -0.2) is 0 Å². The van der Waals surface area contributed by atoms with Crippen LogP contribution in [-0.4, -0.2) is 24.0 Å². The monoisotopic (exact) mass is 247 g/mol. The number of rotatable bonds is 4. The fourth-order valence-electron chi connectivity index (χ4n) is 1.94. The van der Waals surface area contributed by atoms with Crippen molar-refractivity contribution >= 4 is 0 Å². The Morgan fingerprint density at radius 2 is 2.06 bits per heavy atom. The summed E-state index contributed by atoms with van der Waals surface area (Å²) in [6.45, 7) is 0. The van der Waals surface area contributed by atoms with Crippen molar-refractivity contribution in [1.29, 1.82) is 0 Å². The number of para-hydroxylation sites is 1. The van der Waals surface area contributed by atoms with Crippen LogP contribution in [0, 0.1) is 0 Å². The summed E-state index contributed by atoms with van der Waals surface area (Å²) < 4.78 is 12.4. The second-order valence-electron chi connectivity index (χ2n) is 4.01. The van der Waals surface area contributed by atoms with E-state index < -0.39 is 0 Å². The Morgan fingerprint density at radius 3 is 2.61 bits per heavy atom. The predicted octanol–water partition coefficient (Wildman–Crippen LogP) is 1.49. The molecule has 1 atom stereocenters. The summed E-state index contributed by atoms with van der Waals surface area (Å²) in [5.74, 6) is 1.34. The van der Waals surface area contributed by atoms with Gasteiger partial charge in [-0.2, -0.15) is 5.10 Å². The number of hydrogen-bond acceptors (Lipinski definition) is 4. The lowest BCUT2D eigenvalue weighted by Crippen LogP contribution is -2.13. The molecule has 18 heavy (non-hydrogen) atoms. The molecule has 1 aromatic carbocycles. The molecule has 5 nitrogen and oxygen atoms in total. The lowest BCUT2D eigenvalue weighted by atomic mass is 10.0. The van der Waals surface area contributed by atoms with Crippen molar-refractivity contribution in [3.63, 3.8) is 0 Å². The van der Waals surface area contributed by atoms with Gasteiger partial charge in [0.15, 0.2) is 11.5 Å². The average Bonchev–Trinajstić information content (AvgIpc) is 2.83. The molecule has 2 rings (SSSR count). The maximum atomic E-state index is 6.24. The van der Waals surface area contributed by atoms with E-state index in [0.717, 1.165) is 11.1 Å². The van der Waals surface area contributed by atoms with Crippen LogP contribution in [0.5, 0.6) is 11.5 Å². The Hall–Kier alpha value is -2.01. The van der Waals surface area contributed by atoms with Crippen LogP contribution in [0.1, 0.15) is 17.2 Å². The molecule has 0 amide bonds. The van der Waals surface area contributed by atoms with Crippen LogP contribution in [0.25, 0.3) is 0 Å². The lowest BCUT2D eigenvalue weighted by Gasteiger charge is -2.16. The van der Waals surface area contributed by atoms with E-state index in [-0.39, 0.29) is 6.04 Å². The molecule has 96 valence electrons. The quantitative estimate of drug-likeness (QED) is 0.889. The minimum Gasteiger partial charge on any atom is -0.493 e. The molecule has 1 aromatic heterocycles. The van der Waals surface area contributed by atoms with E-state index in [1.54, 1.807) is 25.1 Å². The Balaban J connectivity index is 2.44. The third-order valence-electron chi connectivity index (χ3n) is 2.85. The van der Waals surface area contributed by atoms with Gasteiger partial charge >= 0.3 is 0 Å². The Labute approximate surface area is 106 Å². The van der Waals surface area contributed by atoms with E-state index >= 15 is 0 Å². The van der Waals surface area contributed by atoms with Gasteiger partial charge in [0.05, 0.1) is 26.5 Å². The van der Waals surface area contributed by atoms with Gasteiger partial charge in [-0.3, -0.25) is 4.68 Å². The van der Waals surface area contributed by atoms with E-state index in [2.05, 4.69) is 5.10 Å². The van der Waals surface area contributed by atoms with Crippen molar-refractivity contribution in [3.05, 3.63) is 41.7 Å². The predicted molar refractivity (Wildman–Crippen MR) is 68.8 cm³/mol. The molecule has 1 heterocycles. The van der Waals surface area contributed by atoms with Crippen molar-refractivity contribution in [3.8, 4) is 11.5 Å². The Morgan fingerprint density at radius 1 is 1.28 bits per heavy atom. The summed E-state index contributed by atoms with van der Waals surface area (Å²) in [7, 11) is 5.08. The van der Waals surface area contributed by atoms with Gasteiger partial charge in [0.2, 0.25) is 0 Å². The Kier molecular flexibility index (Phi) is 3.53. The van der Waals surface area contributed by atoms with Gasteiger partial charge in [0, 0.05) is 24.4 Å². The van der Waals surface area contributed by atoms with Gasteiger partial charge in [-0.1, -0.05) is 12.1 Å². The minimum atomic E-state index is -0.288. The zero-order valence-electron chi connectivity index (χ0n) is 10.8. The molecule has 5 heteroatoms. The molecule has 2 N–H and O–H groups in total. The summed E-state index contributed by atoms with van der Waals surface area (Å²) in [4.78, 5) is 0. The minimum absolute atomic E-state index is 0.288. The summed E-state index contributed by atoms with van der Waals surface area (Å²) >= 11 is 0. The molecule has 2 aromatic rings. The van der Waals surface area contributed by atoms with Crippen LogP contribution in [0.3, 0.4) is 0 Å². The maximum Gasteiger partial charge on any atom is 0.165 e. The molecule has 1 unspecified atom stereocenters. The van der Waals surface area contributed by atoms with Crippen molar-refractivity contribution in [2.75, 3.05) is 14.2 Å². The summed E-state index contributed by atoms with van der Waals surface area (Å²) in [6.07, 6.45) is 3.65. The van der Waals surface area contributed by atoms with Gasteiger partial charge in [-0.15, -0.1) is 0 Å². The zero-order chi connectivity index (χ0) is 13.1. The smallest absolute Gasteiger partial charge is 0.165 e. The SMILES string of the molecule is COc1cccc(C(N)c2cnn(C)c2)c1OC. The maximum absolute atomic E-state index is 6.24. The first kappa shape index (κ1) is 12.4. The summed E-state index contributed by atoms with van der Waals surface area (Å²) in [5.41, 5.74) is 8.05. The van der Waals surface area contributed by atoms with E-state index in [9.17, 15) is 0 Å². The van der Waals surface area contributed by atoms with Gasteiger partial charge in [-0.05, 0) is 6.07 Å². The van der Waals surface area contributed by atoms with Crippen LogP contribution < -0.4 is 15.2 Å². The van der Waals surface area contributed by atoms with Gasteiger partial charge < -0.3 is 15.2 Å². The number of nitrogens with zero attached hydrogens (tertiary/aromatic N) is 2.